The van der Waals surface area contributed by atoms with Gasteiger partial charge in [0.15, 0.2) is 5.82 Å². The molecular formula is C49H46ClFN6O7S. The summed E-state index contributed by atoms with van der Waals surface area (Å²) in [7, 11) is 3.73. The number of carbonyl (C=O) groups is 1. The lowest BCUT2D eigenvalue weighted by Crippen LogP contribution is -2.49. The molecule has 0 spiro atoms. The summed E-state index contributed by atoms with van der Waals surface area (Å²) < 4.78 is 51.9. The largest absolute Gasteiger partial charge is 0.496 e. The maximum Gasteiger partial charge on any atom is 0.347 e. The van der Waals surface area contributed by atoms with Gasteiger partial charge in [-0.2, -0.15) is 0 Å². The van der Waals surface area contributed by atoms with E-state index in [0.29, 0.717) is 67.4 Å². The van der Waals surface area contributed by atoms with Crippen molar-refractivity contribution in [1.82, 2.24) is 29.7 Å². The van der Waals surface area contributed by atoms with Gasteiger partial charge in [-0.25, -0.2) is 29.1 Å². The van der Waals surface area contributed by atoms with Crippen LogP contribution in [0.4, 0.5) is 4.39 Å². The normalized spacial score (nSPS) is 16.8. The molecule has 13 nitrogen and oxygen atoms in total. The molecule has 0 aliphatic carbocycles. The third-order valence-electron chi connectivity index (χ3n) is 11.2. The molecule has 16 heteroatoms. The van der Waals surface area contributed by atoms with Crippen molar-refractivity contribution in [2.24, 2.45) is 0 Å². The van der Waals surface area contributed by atoms with Gasteiger partial charge in [0.25, 0.3) is 0 Å². The number of methoxy groups -OCH3 is 1. The standard InChI is InChI=1S/C49H46ClFN6O7S/c1-4-60-49(58)42-25-32-23-35(14-16-39(32)62-27-34-17-18-52-46(55-34)37-7-5-6-8-40(37)59-3)61-28-36(26-57-21-19-56(2)20-22-57)63-41-15-11-31(24-38(41)50)43-44-47(64-42)53-29-54-48(44)65-45(43)30-9-12-33(51)13-10-30/h5-18,23-24,29,36,42H,4,19-22,25-28H2,1-3H3/t36-,42-/m1/s1. The number of rotatable bonds is 10. The van der Waals surface area contributed by atoms with Gasteiger partial charge in [-0.1, -0.05) is 41.9 Å². The second kappa shape index (κ2) is 19.8. The first-order valence-electron chi connectivity index (χ1n) is 21.3. The summed E-state index contributed by atoms with van der Waals surface area (Å²) in [5.74, 6) is 1.82. The quantitative estimate of drug-likeness (QED) is 0.121. The number of hydrogen-bond acceptors (Lipinski definition) is 14. The lowest BCUT2D eigenvalue weighted by atomic mass is 9.99. The Morgan fingerprint density at radius 3 is 2.54 bits per heavy atom. The summed E-state index contributed by atoms with van der Waals surface area (Å²) >= 11 is 8.50. The number of para-hydroxylation sites is 1. The first-order valence-corrected chi connectivity index (χ1v) is 22.5. The minimum atomic E-state index is -1.20. The molecule has 0 amide bonds. The highest BCUT2D eigenvalue weighted by atomic mass is 35.5. The number of hydrogen-bond donors (Lipinski definition) is 0. The van der Waals surface area contributed by atoms with Crippen molar-refractivity contribution in [2.75, 3.05) is 60.1 Å². The first-order chi connectivity index (χ1) is 31.7. The predicted octanol–water partition coefficient (Wildman–Crippen LogP) is 8.80. The number of halogens is 2. The molecule has 2 atom stereocenters. The van der Waals surface area contributed by atoms with E-state index in [4.69, 9.17) is 45.0 Å². The zero-order valence-electron chi connectivity index (χ0n) is 36.0. The van der Waals surface area contributed by atoms with E-state index in [2.05, 4.69) is 31.8 Å². The van der Waals surface area contributed by atoms with Crippen molar-refractivity contribution in [2.45, 2.75) is 32.2 Å². The van der Waals surface area contributed by atoms with Crippen LogP contribution in [0.15, 0.2) is 104 Å². The minimum absolute atomic E-state index is 0.0126. The van der Waals surface area contributed by atoms with Crippen LogP contribution in [0.5, 0.6) is 28.9 Å². The molecule has 3 aliphatic rings. The molecule has 0 unspecified atom stereocenters. The topological polar surface area (TPSA) is 130 Å². The van der Waals surface area contributed by atoms with Gasteiger partial charge in [0.1, 0.15) is 59.3 Å². The number of aromatic nitrogens is 4. The average Bonchev–Trinajstić information content (AvgIpc) is 3.72. The maximum absolute atomic E-state index is 14.3. The maximum atomic E-state index is 14.3. The molecule has 7 aromatic rings. The molecule has 0 radical (unpaired) electrons. The fourth-order valence-electron chi connectivity index (χ4n) is 7.92. The number of nitrogens with zero attached hydrogens (tertiary/aromatic N) is 6. The number of carbonyl (C=O) groups excluding carboxylic acids is 1. The van der Waals surface area contributed by atoms with Gasteiger partial charge in [-0.3, -0.25) is 4.90 Å². The average molecular weight is 917 g/mol. The summed E-state index contributed by atoms with van der Waals surface area (Å²) in [6.07, 6.45) is 1.47. The summed E-state index contributed by atoms with van der Waals surface area (Å²) in [6.45, 7) is 6.35. The Morgan fingerprint density at radius 1 is 0.923 bits per heavy atom. The van der Waals surface area contributed by atoms with E-state index in [-0.39, 0.29) is 37.9 Å². The Hall–Kier alpha value is -6.39. The Morgan fingerprint density at radius 2 is 1.74 bits per heavy atom. The Balaban J connectivity index is 1.14. The molecular weight excluding hydrogens is 871 g/mol. The molecule has 10 rings (SSSR count). The fourth-order valence-corrected chi connectivity index (χ4v) is 9.30. The van der Waals surface area contributed by atoms with Gasteiger partial charge in [0.05, 0.1) is 35.4 Å². The van der Waals surface area contributed by atoms with Crippen LogP contribution in [-0.2, 0) is 22.6 Å². The number of thiophene rings is 1. The molecule has 6 heterocycles. The van der Waals surface area contributed by atoms with Crippen LogP contribution in [0.2, 0.25) is 5.02 Å². The van der Waals surface area contributed by atoms with Crippen molar-refractivity contribution in [3.05, 3.63) is 126 Å². The highest BCUT2D eigenvalue weighted by molar-refractivity contribution is 7.22. The first kappa shape index (κ1) is 43.8. The molecule has 0 saturated carbocycles. The van der Waals surface area contributed by atoms with E-state index < -0.39 is 18.2 Å². The number of likely N-dealkylation sites (N-methyl/N-ethyl adjacent to an activating group) is 1. The molecule has 1 saturated heterocycles. The van der Waals surface area contributed by atoms with E-state index in [1.165, 1.54) is 29.8 Å². The Kier molecular flexibility index (Phi) is 13.3. The third-order valence-corrected chi connectivity index (χ3v) is 12.7. The van der Waals surface area contributed by atoms with Gasteiger partial charge < -0.3 is 33.3 Å². The van der Waals surface area contributed by atoms with Crippen molar-refractivity contribution in [1.29, 1.82) is 0 Å². The second-order valence-electron chi connectivity index (χ2n) is 15.7. The molecule has 3 aromatic heterocycles. The summed E-state index contributed by atoms with van der Waals surface area (Å²) in [5, 5.41) is 0.933. The SMILES string of the molecule is CCOC(=O)[C@H]1Cc2cc(ccc2OCc2ccnc(-c3ccccc3OC)n2)OC[C@@H](CN2CCN(C)CC2)Oc2ccc(cc2Cl)-c2c(-c3ccc(F)cc3)sc3ncnc(c23)O1. The van der Waals surface area contributed by atoms with Crippen LogP contribution in [0.25, 0.3) is 43.2 Å². The van der Waals surface area contributed by atoms with Crippen molar-refractivity contribution in [3.8, 4) is 61.8 Å². The van der Waals surface area contributed by atoms with E-state index in [1.807, 2.05) is 60.7 Å². The predicted molar refractivity (Wildman–Crippen MR) is 247 cm³/mol. The monoisotopic (exact) mass is 916 g/mol. The number of piperazine rings is 1. The summed E-state index contributed by atoms with van der Waals surface area (Å²) in [5.41, 5.74) is 4.15. The molecule has 4 bridgehead atoms. The van der Waals surface area contributed by atoms with Crippen LogP contribution < -0.4 is 23.7 Å². The van der Waals surface area contributed by atoms with Crippen LogP contribution in [-0.4, -0.2) is 108 Å². The fraction of sp³-hybridized carbons (Fsp3) is 0.286. The van der Waals surface area contributed by atoms with Gasteiger partial charge >= 0.3 is 5.97 Å². The molecule has 4 aromatic carbocycles. The lowest BCUT2D eigenvalue weighted by molar-refractivity contribution is -0.151. The van der Waals surface area contributed by atoms with Gasteiger partial charge in [0.2, 0.25) is 12.0 Å². The van der Waals surface area contributed by atoms with Crippen LogP contribution in [0.1, 0.15) is 18.2 Å². The third kappa shape index (κ3) is 9.98. The van der Waals surface area contributed by atoms with E-state index in [1.54, 1.807) is 38.4 Å². The summed E-state index contributed by atoms with van der Waals surface area (Å²) in [6, 6.07) is 26.7. The lowest BCUT2D eigenvalue weighted by Gasteiger charge is -2.34. The molecule has 334 valence electrons. The second-order valence-corrected chi connectivity index (χ2v) is 17.1. The zero-order chi connectivity index (χ0) is 44.9. The van der Waals surface area contributed by atoms with E-state index in [9.17, 15) is 9.18 Å². The number of ether oxygens (including phenoxy) is 6. The van der Waals surface area contributed by atoms with Crippen molar-refractivity contribution < 1.29 is 37.6 Å². The summed E-state index contributed by atoms with van der Waals surface area (Å²) in [4.78, 5) is 38.6. The number of esters is 1. The van der Waals surface area contributed by atoms with E-state index >= 15 is 0 Å². The Labute approximate surface area is 384 Å². The highest BCUT2D eigenvalue weighted by Crippen LogP contribution is 2.48. The Bertz CT molecular complexity index is 2810. The molecule has 0 N–H and O–H groups in total. The van der Waals surface area contributed by atoms with Crippen molar-refractivity contribution >= 4 is 39.1 Å². The van der Waals surface area contributed by atoms with Crippen LogP contribution >= 0.6 is 22.9 Å². The zero-order valence-corrected chi connectivity index (χ0v) is 37.6. The molecule has 1 fully saturated rings. The van der Waals surface area contributed by atoms with Crippen LogP contribution in [0, 0.1) is 5.82 Å². The number of fused-ring (bicyclic) bond motifs is 7. The number of benzene rings is 4. The van der Waals surface area contributed by atoms with Gasteiger partial charge in [-0.05, 0) is 85.8 Å². The highest BCUT2D eigenvalue weighted by Gasteiger charge is 2.30. The van der Waals surface area contributed by atoms with Crippen LogP contribution in [0.3, 0.4) is 0 Å². The minimum Gasteiger partial charge on any atom is -0.496 e. The molecule has 65 heavy (non-hydrogen) atoms. The van der Waals surface area contributed by atoms with Gasteiger partial charge in [-0.15, -0.1) is 11.3 Å². The smallest absolute Gasteiger partial charge is 0.347 e. The molecule has 3 aliphatic heterocycles. The van der Waals surface area contributed by atoms with Gasteiger partial charge in [0, 0.05) is 61.3 Å². The van der Waals surface area contributed by atoms with E-state index in [0.717, 1.165) is 47.7 Å². The van der Waals surface area contributed by atoms with Crippen molar-refractivity contribution in [3.63, 3.8) is 0 Å².